The molecule has 0 aliphatic carbocycles. The van der Waals surface area contributed by atoms with Gasteiger partial charge in [0.1, 0.15) is 0 Å². The van der Waals surface area contributed by atoms with E-state index < -0.39 is 10.0 Å². The first kappa shape index (κ1) is 14.9. The fourth-order valence-electron chi connectivity index (χ4n) is 2.31. The van der Waals surface area contributed by atoms with Crippen LogP contribution < -0.4 is 5.32 Å². The maximum absolute atomic E-state index is 12.7. The van der Waals surface area contributed by atoms with Crippen LogP contribution in [0.3, 0.4) is 0 Å². The molecule has 5 nitrogen and oxygen atoms in total. The maximum atomic E-state index is 12.7. The molecule has 19 heavy (non-hydrogen) atoms. The molecule has 0 spiro atoms. The van der Waals surface area contributed by atoms with Crippen molar-refractivity contribution in [3.8, 4) is 0 Å². The number of hydrogen-bond donors (Lipinski definition) is 1. The molecule has 2 rings (SSSR count). The molecule has 1 aromatic rings. The highest BCUT2D eigenvalue weighted by molar-refractivity contribution is 7.89. The van der Waals surface area contributed by atoms with Gasteiger partial charge in [0.2, 0.25) is 10.0 Å². The Kier molecular flexibility index (Phi) is 4.62. The minimum Gasteiger partial charge on any atom is -0.373 e. The largest absolute Gasteiger partial charge is 0.373 e. The van der Waals surface area contributed by atoms with E-state index in [1.54, 1.807) is 6.07 Å². The number of thiophene rings is 1. The highest BCUT2D eigenvalue weighted by Gasteiger charge is 2.33. The lowest BCUT2D eigenvalue weighted by Crippen LogP contribution is -2.48. The van der Waals surface area contributed by atoms with E-state index in [2.05, 4.69) is 5.32 Å². The smallest absolute Gasteiger partial charge is 0.244 e. The molecule has 1 aliphatic rings. The van der Waals surface area contributed by atoms with Crippen LogP contribution >= 0.6 is 11.3 Å². The fourth-order valence-corrected chi connectivity index (χ4v) is 5.33. The molecule has 0 radical (unpaired) electrons. The number of rotatable bonds is 4. The third-order valence-electron chi connectivity index (χ3n) is 3.05. The summed E-state index contributed by atoms with van der Waals surface area (Å²) in [5, 5.41) is 4.83. The Morgan fingerprint density at radius 1 is 1.42 bits per heavy atom. The van der Waals surface area contributed by atoms with E-state index >= 15 is 0 Å². The molecule has 2 atom stereocenters. The topological polar surface area (TPSA) is 58.6 Å². The summed E-state index contributed by atoms with van der Waals surface area (Å²) in [5.74, 6) is 0. The molecule has 1 aromatic heterocycles. The van der Waals surface area contributed by atoms with Crippen molar-refractivity contribution in [3.05, 3.63) is 16.3 Å². The van der Waals surface area contributed by atoms with Crippen molar-refractivity contribution in [3.63, 3.8) is 0 Å². The van der Waals surface area contributed by atoms with Crippen molar-refractivity contribution in [1.82, 2.24) is 9.62 Å². The molecule has 0 aromatic carbocycles. The molecule has 0 saturated carbocycles. The second kappa shape index (κ2) is 5.88. The molecule has 0 unspecified atom stereocenters. The van der Waals surface area contributed by atoms with Gasteiger partial charge in [0, 0.05) is 24.5 Å². The highest BCUT2D eigenvalue weighted by atomic mass is 32.2. The maximum Gasteiger partial charge on any atom is 0.244 e. The third-order valence-corrected chi connectivity index (χ3v) is 6.01. The number of hydrogen-bond acceptors (Lipinski definition) is 5. The lowest BCUT2D eigenvalue weighted by molar-refractivity contribution is -0.0440. The van der Waals surface area contributed by atoms with Gasteiger partial charge in [-0.25, -0.2) is 8.42 Å². The number of sulfonamides is 1. The summed E-state index contributed by atoms with van der Waals surface area (Å²) in [6.07, 6.45) is -0.130. The van der Waals surface area contributed by atoms with Gasteiger partial charge in [0.25, 0.3) is 0 Å². The van der Waals surface area contributed by atoms with Gasteiger partial charge in [0.15, 0.2) is 0 Å². The van der Waals surface area contributed by atoms with Crippen LogP contribution in [0.25, 0.3) is 0 Å². The molecule has 1 aliphatic heterocycles. The number of morpholine rings is 1. The average Bonchev–Trinajstić information content (AvgIpc) is 2.77. The lowest BCUT2D eigenvalue weighted by atomic mass is 10.3. The summed E-state index contributed by atoms with van der Waals surface area (Å²) in [6.45, 7) is 5.21. The standard InChI is InChI=1S/C12H20N2O3S2/c1-9-7-14(8-10(2)17-9)19(15,16)12-4-5-18-11(12)6-13-3/h4-5,9-10,13H,6-8H2,1-3H3/t9-,10+. The molecule has 0 bridgehead atoms. The molecule has 2 heterocycles. The second-order valence-electron chi connectivity index (χ2n) is 4.82. The van der Waals surface area contributed by atoms with E-state index in [0.29, 0.717) is 24.5 Å². The Labute approximate surface area is 118 Å². The van der Waals surface area contributed by atoms with Crippen molar-refractivity contribution >= 4 is 21.4 Å². The molecule has 1 saturated heterocycles. The van der Waals surface area contributed by atoms with Crippen molar-refractivity contribution in [1.29, 1.82) is 0 Å². The highest BCUT2D eigenvalue weighted by Crippen LogP contribution is 2.27. The second-order valence-corrected chi connectivity index (χ2v) is 7.72. The summed E-state index contributed by atoms with van der Waals surface area (Å²) in [4.78, 5) is 1.28. The molecule has 0 amide bonds. The van der Waals surface area contributed by atoms with Crippen LogP contribution in [0.5, 0.6) is 0 Å². The molecule has 1 fully saturated rings. The zero-order chi connectivity index (χ0) is 14.0. The van der Waals surface area contributed by atoms with Crippen LogP contribution in [0.2, 0.25) is 0 Å². The normalized spacial score (nSPS) is 25.6. The number of nitrogens with zero attached hydrogens (tertiary/aromatic N) is 1. The summed E-state index contributed by atoms with van der Waals surface area (Å²) in [6, 6.07) is 1.69. The SMILES string of the molecule is CNCc1sccc1S(=O)(=O)N1C[C@@H](C)O[C@@H](C)C1. The predicted molar refractivity (Wildman–Crippen MR) is 75.9 cm³/mol. The van der Waals surface area contributed by atoms with Gasteiger partial charge in [-0.1, -0.05) is 0 Å². The number of nitrogens with one attached hydrogen (secondary N) is 1. The summed E-state index contributed by atoms with van der Waals surface area (Å²) in [5.41, 5.74) is 0. The van der Waals surface area contributed by atoms with E-state index in [1.807, 2.05) is 26.3 Å². The van der Waals surface area contributed by atoms with Crippen molar-refractivity contribution in [2.75, 3.05) is 20.1 Å². The first-order valence-electron chi connectivity index (χ1n) is 6.31. The monoisotopic (exact) mass is 304 g/mol. The van der Waals surface area contributed by atoms with Crippen LogP contribution in [-0.4, -0.2) is 45.1 Å². The van der Waals surface area contributed by atoms with Gasteiger partial charge in [-0.2, -0.15) is 4.31 Å². The first-order chi connectivity index (χ1) is 8.95. The molecule has 7 heteroatoms. The van der Waals surface area contributed by atoms with Crippen LogP contribution in [0, 0.1) is 0 Å². The van der Waals surface area contributed by atoms with E-state index in [9.17, 15) is 8.42 Å². The van der Waals surface area contributed by atoms with Crippen LogP contribution in [-0.2, 0) is 21.3 Å². The fraction of sp³-hybridized carbons (Fsp3) is 0.667. The molecular formula is C12H20N2O3S2. The van der Waals surface area contributed by atoms with Crippen LogP contribution in [0.1, 0.15) is 18.7 Å². The Hall–Kier alpha value is -0.470. The van der Waals surface area contributed by atoms with Gasteiger partial charge in [-0.15, -0.1) is 11.3 Å². The molecule has 1 N–H and O–H groups in total. The first-order valence-corrected chi connectivity index (χ1v) is 8.63. The Balaban J connectivity index is 2.28. The quantitative estimate of drug-likeness (QED) is 0.910. The zero-order valence-electron chi connectivity index (χ0n) is 11.4. The van der Waals surface area contributed by atoms with E-state index in [4.69, 9.17) is 4.74 Å². The van der Waals surface area contributed by atoms with Crippen LogP contribution in [0.15, 0.2) is 16.3 Å². The van der Waals surface area contributed by atoms with E-state index in [1.165, 1.54) is 15.6 Å². The molecule has 108 valence electrons. The van der Waals surface area contributed by atoms with Crippen molar-refractivity contribution in [2.45, 2.75) is 37.5 Å². The van der Waals surface area contributed by atoms with Gasteiger partial charge in [-0.05, 0) is 32.3 Å². The Morgan fingerprint density at radius 2 is 2.05 bits per heavy atom. The minimum atomic E-state index is -3.41. The van der Waals surface area contributed by atoms with Gasteiger partial charge in [-0.3, -0.25) is 0 Å². The minimum absolute atomic E-state index is 0.0649. The van der Waals surface area contributed by atoms with Crippen LogP contribution in [0.4, 0.5) is 0 Å². The molecular weight excluding hydrogens is 284 g/mol. The lowest BCUT2D eigenvalue weighted by Gasteiger charge is -2.34. The zero-order valence-corrected chi connectivity index (χ0v) is 13.1. The average molecular weight is 304 g/mol. The van der Waals surface area contributed by atoms with Gasteiger partial charge >= 0.3 is 0 Å². The van der Waals surface area contributed by atoms with E-state index in [0.717, 1.165) is 4.88 Å². The van der Waals surface area contributed by atoms with Gasteiger partial charge in [0.05, 0.1) is 17.1 Å². The summed E-state index contributed by atoms with van der Waals surface area (Å²) < 4.78 is 32.5. The van der Waals surface area contributed by atoms with Crippen molar-refractivity contribution in [2.24, 2.45) is 0 Å². The van der Waals surface area contributed by atoms with Gasteiger partial charge < -0.3 is 10.1 Å². The third kappa shape index (κ3) is 3.17. The Bertz CT molecular complexity index is 517. The number of ether oxygens (including phenoxy) is 1. The summed E-state index contributed by atoms with van der Waals surface area (Å²) in [7, 11) is -1.60. The van der Waals surface area contributed by atoms with E-state index in [-0.39, 0.29) is 12.2 Å². The summed E-state index contributed by atoms with van der Waals surface area (Å²) >= 11 is 1.47. The predicted octanol–water partition coefficient (Wildman–Crippen LogP) is 1.27. The van der Waals surface area contributed by atoms with Crippen molar-refractivity contribution < 1.29 is 13.2 Å². The Morgan fingerprint density at radius 3 is 2.63 bits per heavy atom.